The van der Waals surface area contributed by atoms with E-state index in [0.29, 0.717) is 5.06 Å². The van der Waals surface area contributed by atoms with Gasteiger partial charge in [-0.2, -0.15) is 0 Å². The number of carbonyl (C=O) groups excluding carboxylic acids is 1. The molecule has 2 rings (SSSR count). The quantitative estimate of drug-likeness (QED) is 0.501. The van der Waals surface area contributed by atoms with E-state index in [9.17, 15) is 4.79 Å². The molecule has 22 heavy (non-hydrogen) atoms. The van der Waals surface area contributed by atoms with Gasteiger partial charge in [-0.25, -0.2) is 5.06 Å². The number of carbonyl (C=O) groups is 1. The standard InChI is InChI=1S/C19H21NO2/c1-20(22)19(21)15-14-18-12-6-5-11-17(18)13-7-10-16-8-3-2-4-9-16/h2-6,8-9,11-12,14-15,22H,7,10,13H2,1H3. The first-order chi connectivity index (χ1) is 10.7. The summed E-state index contributed by atoms with van der Waals surface area (Å²) in [5, 5.41) is 9.65. The zero-order valence-electron chi connectivity index (χ0n) is 12.8. The number of hydrogen-bond donors (Lipinski definition) is 1. The van der Waals surface area contributed by atoms with E-state index in [-0.39, 0.29) is 0 Å². The highest BCUT2D eigenvalue weighted by Gasteiger charge is 2.02. The van der Waals surface area contributed by atoms with E-state index in [1.54, 1.807) is 6.08 Å². The second-order valence-electron chi connectivity index (χ2n) is 5.23. The second kappa shape index (κ2) is 8.15. The molecule has 0 unspecified atom stereocenters. The molecule has 2 aromatic rings. The Labute approximate surface area is 131 Å². The van der Waals surface area contributed by atoms with Crippen LogP contribution in [-0.2, 0) is 17.6 Å². The van der Waals surface area contributed by atoms with Crippen molar-refractivity contribution < 1.29 is 10.0 Å². The molecule has 1 N–H and O–H groups in total. The van der Waals surface area contributed by atoms with Gasteiger partial charge in [0.2, 0.25) is 0 Å². The first-order valence-electron chi connectivity index (χ1n) is 7.43. The fourth-order valence-corrected chi connectivity index (χ4v) is 2.32. The van der Waals surface area contributed by atoms with E-state index >= 15 is 0 Å². The lowest BCUT2D eigenvalue weighted by atomic mass is 9.99. The molecule has 0 aliphatic rings. The minimum atomic E-state index is -0.431. The Balaban J connectivity index is 1.98. The normalized spacial score (nSPS) is 10.8. The third-order valence-electron chi connectivity index (χ3n) is 3.53. The smallest absolute Gasteiger partial charge is 0.269 e. The van der Waals surface area contributed by atoms with E-state index < -0.39 is 5.91 Å². The third kappa shape index (κ3) is 4.86. The average Bonchev–Trinajstić information content (AvgIpc) is 2.54. The maximum absolute atomic E-state index is 11.4. The number of hydroxylamine groups is 2. The summed E-state index contributed by atoms with van der Waals surface area (Å²) >= 11 is 0. The summed E-state index contributed by atoms with van der Waals surface area (Å²) in [6, 6.07) is 18.5. The molecule has 1 amide bonds. The van der Waals surface area contributed by atoms with E-state index in [1.807, 2.05) is 24.3 Å². The van der Waals surface area contributed by atoms with Gasteiger partial charge in [0.05, 0.1) is 0 Å². The number of rotatable bonds is 6. The monoisotopic (exact) mass is 295 g/mol. The Morgan fingerprint density at radius 2 is 1.73 bits per heavy atom. The van der Waals surface area contributed by atoms with Crippen LogP contribution >= 0.6 is 0 Å². The largest absolute Gasteiger partial charge is 0.286 e. The first-order valence-corrected chi connectivity index (χ1v) is 7.43. The Morgan fingerprint density at radius 1 is 1.05 bits per heavy atom. The van der Waals surface area contributed by atoms with Crippen molar-refractivity contribution in [1.82, 2.24) is 5.06 Å². The molecule has 0 saturated heterocycles. The van der Waals surface area contributed by atoms with Crippen LogP contribution in [0.2, 0.25) is 0 Å². The molecule has 0 atom stereocenters. The van der Waals surface area contributed by atoms with E-state index in [0.717, 1.165) is 24.8 Å². The van der Waals surface area contributed by atoms with Crippen LogP contribution in [0.5, 0.6) is 0 Å². The number of hydrogen-bond acceptors (Lipinski definition) is 2. The van der Waals surface area contributed by atoms with Crippen molar-refractivity contribution in [2.24, 2.45) is 0 Å². The van der Waals surface area contributed by atoms with Crippen molar-refractivity contribution in [3.8, 4) is 0 Å². The molecule has 0 radical (unpaired) electrons. The zero-order valence-corrected chi connectivity index (χ0v) is 12.8. The van der Waals surface area contributed by atoms with Crippen LogP contribution < -0.4 is 0 Å². The van der Waals surface area contributed by atoms with Gasteiger partial charge >= 0.3 is 0 Å². The summed E-state index contributed by atoms with van der Waals surface area (Å²) in [6.07, 6.45) is 6.20. The molecular formula is C19H21NO2. The number of benzene rings is 2. The van der Waals surface area contributed by atoms with Crippen molar-refractivity contribution in [3.05, 3.63) is 77.4 Å². The second-order valence-corrected chi connectivity index (χ2v) is 5.23. The Hall–Kier alpha value is -2.39. The minimum Gasteiger partial charge on any atom is -0.286 e. The highest BCUT2D eigenvalue weighted by molar-refractivity contribution is 5.90. The van der Waals surface area contributed by atoms with E-state index in [4.69, 9.17) is 5.21 Å². The SMILES string of the molecule is CN(O)C(=O)C=Cc1ccccc1CCCc1ccccc1. The lowest BCUT2D eigenvalue weighted by molar-refractivity contribution is -0.153. The minimum absolute atomic E-state index is 0.431. The fraction of sp³-hybridized carbons (Fsp3) is 0.211. The summed E-state index contributed by atoms with van der Waals surface area (Å²) in [6.45, 7) is 0. The summed E-state index contributed by atoms with van der Waals surface area (Å²) < 4.78 is 0. The van der Waals surface area contributed by atoms with Crippen molar-refractivity contribution in [1.29, 1.82) is 0 Å². The van der Waals surface area contributed by atoms with Gasteiger partial charge < -0.3 is 0 Å². The van der Waals surface area contributed by atoms with Gasteiger partial charge in [0.15, 0.2) is 0 Å². The number of nitrogens with zero attached hydrogens (tertiary/aromatic N) is 1. The molecule has 3 nitrogen and oxygen atoms in total. The van der Waals surface area contributed by atoms with Crippen molar-refractivity contribution in [3.63, 3.8) is 0 Å². The lowest BCUT2D eigenvalue weighted by Gasteiger charge is -2.07. The van der Waals surface area contributed by atoms with Crippen molar-refractivity contribution in [2.45, 2.75) is 19.3 Å². The predicted octanol–water partition coefficient (Wildman–Crippen LogP) is 3.72. The van der Waals surface area contributed by atoms with Gasteiger partial charge in [-0.15, -0.1) is 0 Å². The van der Waals surface area contributed by atoms with Gasteiger partial charge in [0.25, 0.3) is 5.91 Å². The predicted molar refractivity (Wildman–Crippen MR) is 88.5 cm³/mol. The van der Waals surface area contributed by atoms with Gasteiger partial charge in [0.1, 0.15) is 0 Å². The van der Waals surface area contributed by atoms with Gasteiger partial charge in [-0.3, -0.25) is 10.0 Å². The van der Waals surface area contributed by atoms with Crippen molar-refractivity contribution >= 4 is 12.0 Å². The van der Waals surface area contributed by atoms with Crippen LogP contribution in [0.15, 0.2) is 60.7 Å². The lowest BCUT2D eigenvalue weighted by Crippen LogP contribution is -2.19. The molecular weight excluding hydrogens is 274 g/mol. The first kappa shape index (κ1) is 16.0. The van der Waals surface area contributed by atoms with E-state index in [1.165, 1.54) is 24.3 Å². The van der Waals surface area contributed by atoms with Gasteiger partial charge in [-0.1, -0.05) is 54.6 Å². The summed E-state index contributed by atoms with van der Waals surface area (Å²) in [5.41, 5.74) is 3.57. The molecule has 0 heterocycles. The fourth-order valence-electron chi connectivity index (χ4n) is 2.32. The summed E-state index contributed by atoms with van der Waals surface area (Å²) in [4.78, 5) is 11.4. The van der Waals surface area contributed by atoms with Gasteiger partial charge in [-0.05, 0) is 42.0 Å². The van der Waals surface area contributed by atoms with Crippen molar-refractivity contribution in [2.75, 3.05) is 7.05 Å². The van der Waals surface area contributed by atoms with Crippen LogP contribution in [0.4, 0.5) is 0 Å². The average molecular weight is 295 g/mol. The molecule has 0 saturated carbocycles. The molecule has 0 fully saturated rings. The molecule has 114 valence electrons. The van der Waals surface area contributed by atoms with E-state index in [2.05, 4.69) is 30.3 Å². The Kier molecular flexibility index (Phi) is 5.92. The highest BCUT2D eigenvalue weighted by atomic mass is 16.5. The van der Waals surface area contributed by atoms with Crippen LogP contribution in [0.3, 0.4) is 0 Å². The summed E-state index contributed by atoms with van der Waals surface area (Å²) in [7, 11) is 1.32. The Bertz CT molecular complexity index is 633. The molecule has 0 aliphatic heterocycles. The molecule has 0 spiro atoms. The van der Waals surface area contributed by atoms with Crippen LogP contribution in [0, 0.1) is 0 Å². The zero-order chi connectivity index (χ0) is 15.8. The van der Waals surface area contributed by atoms with Gasteiger partial charge in [0, 0.05) is 13.1 Å². The Morgan fingerprint density at radius 3 is 2.45 bits per heavy atom. The summed E-state index contributed by atoms with van der Waals surface area (Å²) in [5.74, 6) is -0.431. The number of likely N-dealkylation sites (N-methyl/N-ethyl adjacent to an activating group) is 1. The third-order valence-corrected chi connectivity index (χ3v) is 3.53. The molecule has 0 aliphatic carbocycles. The molecule has 3 heteroatoms. The maximum atomic E-state index is 11.4. The topological polar surface area (TPSA) is 40.5 Å². The highest BCUT2D eigenvalue weighted by Crippen LogP contribution is 2.15. The van der Waals surface area contributed by atoms with Crippen LogP contribution in [0.1, 0.15) is 23.1 Å². The van der Waals surface area contributed by atoms with Crippen LogP contribution in [-0.4, -0.2) is 23.2 Å². The number of aryl methyl sites for hydroxylation is 2. The molecule has 2 aromatic carbocycles. The maximum Gasteiger partial charge on any atom is 0.269 e. The number of amides is 1. The molecule has 0 bridgehead atoms. The van der Waals surface area contributed by atoms with Crippen LogP contribution in [0.25, 0.3) is 6.08 Å². The molecule has 0 aromatic heterocycles.